The first-order chi connectivity index (χ1) is 20.1. The number of hydrogen-bond acceptors (Lipinski definition) is 7. The number of carbonyl (C=O) groups excluding carboxylic acids is 2. The molecule has 9 heteroatoms. The number of nitrogens with zero attached hydrogens (tertiary/aromatic N) is 3. The van der Waals surface area contributed by atoms with E-state index in [9.17, 15) is 9.59 Å². The number of thioether (sulfide) groups is 1. The van der Waals surface area contributed by atoms with E-state index >= 15 is 0 Å². The molecule has 3 aromatic rings. The number of ether oxygens (including phenoxy) is 2. The molecule has 0 aliphatic carbocycles. The first-order valence-corrected chi connectivity index (χ1v) is 15.7. The molecule has 0 bridgehead atoms. The second kappa shape index (κ2) is 12.6. The van der Waals surface area contributed by atoms with Crippen LogP contribution in [0.25, 0.3) is 0 Å². The summed E-state index contributed by atoms with van der Waals surface area (Å²) < 4.78 is 11.9. The standard InChI is InChI=1S/C32H30BrN3O4S/c33-21-25(35-16-18-39-19-17-35)28(32(38)40-29(23-12-6-2-7-13-23)24-14-8-3-9-15-24)36-30(37)27-31(36)41-26(34-27)20-22-10-4-1-5-11-22/h1-15,27,29,31H,16-21H2/b28-25-/t27-,31-/m1/s1. The highest BCUT2D eigenvalue weighted by atomic mass is 79.9. The number of hydrogen-bond donors (Lipinski definition) is 0. The Morgan fingerprint density at radius 1 is 0.951 bits per heavy atom. The lowest BCUT2D eigenvalue weighted by Gasteiger charge is -2.44. The van der Waals surface area contributed by atoms with Crippen LogP contribution in [0.15, 0.2) is 107 Å². The molecule has 7 nitrogen and oxygen atoms in total. The van der Waals surface area contributed by atoms with Crippen molar-refractivity contribution in [2.45, 2.75) is 23.9 Å². The summed E-state index contributed by atoms with van der Waals surface area (Å²) in [4.78, 5) is 36.4. The first kappa shape index (κ1) is 27.8. The van der Waals surface area contributed by atoms with Gasteiger partial charge in [0.25, 0.3) is 5.91 Å². The number of likely N-dealkylation sites (tertiary alicyclic amines) is 1. The minimum Gasteiger partial charge on any atom is -0.448 e. The number of fused-ring (bicyclic) bond motifs is 1. The summed E-state index contributed by atoms with van der Waals surface area (Å²) in [5.74, 6) is -0.715. The van der Waals surface area contributed by atoms with Crippen LogP contribution in [0.3, 0.4) is 0 Å². The Kier molecular flexibility index (Phi) is 8.55. The van der Waals surface area contributed by atoms with Gasteiger partial charge in [-0.1, -0.05) is 119 Å². The molecule has 3 heterocycles. The van der Waals surface area contributed by atoms with Gasteiger partial charge in [0.05, 0.1) is 24.0 Å². The molecule has 41 heavy (non-hydrogen) atoms. The van der Waals surface area contributed by atoms with E-state index in [-0.39, 0.29) is 17.0 Å². The minimum absolute atomic E-state index is 0.180. The number of β-lactam (4-membered cyclic amide) rings is 1. The molecule has 2 saturated heterocycles. The van der Waals surface area contributed by atoms with Crippen molar-refractivity contribution in [1.29, 1.82) is 0 Å². The molecule has 2 atom stereocenters. The Morgan fingerprint density at radius 2 is 1.54 bits per heavy atom. The van der Waals surface area contributed by atoms with Gasteiger partial charge >= 0.3 is 5.97 Å². The van der Waals surface area contributed by atoms with E-state index in [1.807, 2.05) is 78.9 Å². The number of alkyl halides is 1. The normalized spacial score (nSPS) is 20.7. The van der Waals surface area contributed by atoms with Crippen molar-refractivity contribution in [3.63, 3.8) is 0 Å². The highest BCUT2D eigenvalue weighted by molar-refractivity contribution is 9.09. The smallest absolute Gasteiger partial charge is 0.357 e. The number of rotatable bonds is 9. The van der Waals surface area contributed by atoms with Gasteiger partial charge in [-0.15, -0.1) is 0 Å². The summed E-state index contributed by atoms with van der Waals surface area (Å²) in [6.45, 7) is 2.35. The summed E-state index contributed by atoms with van der Waals surface area (Å²) in [7, 11) is 0. The second-order valence-corrected chi connectivity index (χ2v) is 11.7. The van der Waals surface area contributed by atoms with E-state index in [2.05, 4.69) is 33.0 Å². The average molecular weight is 633 g/mol. The molecule has 3 aliphatic heterocycles. The highest BCUT2D eigenvalue weighted by Gasteiger charge is 2.56. The van der Waals surface area contributed by atoms with Crippen LogP contribution in [-0.4, -0.2) is 69.8 Å². The lowest BCUT2D eigenvalue weighted by molar-refractivity contribution is -0.153. The molecule has 0 radical (unpaired) electrons. The number of allylic oxidation sites excluding steroid dienone is 1. The topological polar surface area (TPSA) is 71.4 Å². The highest BCUT2D eigenvalue weighted by Crippen LogP contribution is 2.44. The first-order valence-electron chi connectivity index (χ1n) is 13.7. The minimum atomic E-state index is -0.630. The van der Waals surface area contributed by atoms with Crippen LogP contribution >= 0.6 is 27.7 Å². The van der Waals surface area contributed by atoms with Crippen molar-refractivity contribution in [3.05, 3.63) is 119 Å². The Hall–Kier alpha value is -3.40. The SMILES string of the molecule is O=C(OC(c1ccccc1)c1ccccc1)/C(=C(\CBr)N1CCOCC1)N1C(=O)[C@H]2N=C(Cc3ccccc3)S[C@H]21. The maximum Gasteiger partial charge on any atom is 0.357 e. The fraction of sp³-hybridized carbons (Fsp3) is 0.281. The predicted octanol–water partition coefficient (Wildman–Crippen LogP) is 5.18. The second-order valence-electron chi connectivity index (χ2n) is 9.98. The fourth-order valence-electron chi connectivity index (χ4n) is 5.34. The van der Waals surface area contributed by atoms with Gasteiger partial charge < -0.3 is 14.4 Å². The molecule has 6 rings (SSSR count). The maximum atomic E-state index is 14.3. The van der Waals surface area contributed by atoms with Gasteiger partial charge in [-0.2, -0.15) is 0 Å². The van der Waals surface area contributed by atoms with Gasteiger partial charge in [0.15, 0.2) is 17.8 Å². The van der Waals surface area contributed by atoms with Crippen LogP contribution in [0.2, 0.25) is 0 Å². The zero-order valence-corrected chi connectivity index (χ0v) is 24.8. The van der Waals surface area contributed by atoms with Crippen molar-refractivity contribution in [1.82, 2.24) is 9.80 Å². The van der Waals surface area contributed by atoms with Gasteiger partial charge in [0, 0.05) is 24.8 Å². The predicted molar refractivity (Wildman–Crippen MR) is 164 cm³/mol. The average Bonchev–Trinajstić information content (AvgIpc) is 3.40. The lowest BCUT2D eigenvalue weighted by atomic mass is 10.0. The zero-order chi connectivity index (χ0) is 28.2. The molecule has 0 aromatic heterocycles. The number of morpholine rings is 1. The van der Waals surface area contributed by atoms with Crippen molar-refractivity contribution in [3.8, 4) is 0 Å². The molecule has 3 aromatic carbocycles. The van der Waals surface area contributed by atoms with Crippen molar-refractivity contribution >= 4 is 44.6 Å². The third kappa shape index (κ3) is 5.84. The summed E-state index contributed by atoms with van der Waals surface area (Å²) in [5.41, 5.74) is 3.85. The number of halogens is 1. The summed E-state index contributed by atoms with van der Waals surface area (Å²) in [5, 5.41) is 1.00. The van der Waals surface area contributed by atoms with Crippen LogP contribution in [0.5, 0.6) is 0 Å². The molecule has 1 amide bonds. The van der Waals surface area contributed by atoms with Gasteiger partial charge in [0.1, 0.15) is 5.37 Å². The lowest BCUT2D eigenvalue weighted by Crippen LogP contribution is -2.61. The Labute approximate surface area is 252 Å². The Morgan fingerprint density at radius 3 is 2.12 bits per heavy atom. The largest absolute Gasteiger partial charge is 0.448 e. The Balaban J connectivity index is 1.33. The molecule has 0 unspecified atom stereocenters. The van der Waals surface area contributed by atoms with Gasteiger partial charge in [-0.05, 0) is 16.7 Å². The maximum absolute atomic E-state index is 14.3. The fourth-order valence-corrected chi connectivity index (χ4v) is 7.28. The third-order valence-electron chi connectivity index (χ3n) is 7.41. The van der Waals surface area contributed by atoms with Crippen LogP contribution in [0, 0.1) is 0 Å². The number of aliphatic imine (C=N–C) groups is 1. The van der Waals surface area contributed by atoms with Crippen molar-refractivity contribution in [2.75, 3.05) is 31.6 Å². The van der Waals surface area contributed by atoms with Crippen molar-refractivity contribution < 1.29 is 19.1 Å². The summed E-state index contributed by atoms with van der Waals surface area (Å²) >= 11 is 5.18. The molecular formula is C32H30BrN3O4S. The van der Waals surface area contributed by atoms with E-state index in [1.54, 1.807) is 16.7 Å². The van der Waals surface area contributed by atoms with E-state index in [0.29, 0.717) is 38.1 Å². The number of amides is 1. The monoisotopic (exact) mass is 631 g/mol. The quantitative estimate of drug-likeness (QED) is 0.140. The Bertz CT molecular complexity index is 1410. The summed E-state index contributed by atoms with van der Waals surface area (Å²) in [6, 6.07) is 29.0. The molecule has 0 N–H and O–H groups in total. The third-order valence-corrected chi connectivity index (χ3v) is 9.17. The molecule has 2 fully saturated rings. The van der Waals surface area contributed by atoms with Crippen LogP contribution in [-0.2, 0) is 25.5 Å². The van der Waals surface area contributed by atoms with Gasteiger partial charge in [-0.3, -0.25) is 14.7 Å². The molecule has 0 spiro atoms. The van der Waals surface area contributed by atoms with Crippen LogP contribution in [0.1, 0.15) is 22.8 Å². The van der Waals surface area contributed by atoms with Crippen LogP contribution < -0.4 is 0 Å². The van der Waals surface area contributed by atoms with Gasteiger partial charge in [-0.25, -0.2) is 4.79 Å². The van der Waals surface area contributed by atoms with E-state index in [1.165, 1.54) is 0 Å². The number of carbonyl (C=O) groups is 2. The zero-order valence-electron chi connectivity index (χ0n) is 22.4. The summed E-state index contributed by atoms with van der Waals surface area (Å²) in [6.07, 6.45) is 0.0246. The molecule has 210 valence electrons. The van der Waals surface area contributed by atoms with E-state index < -0.39 is 18.1 Å². The van der Waals surface area contributed by atoms with E-state index in [4.69, 9.17) is 14.5 Å². The van der Waals surface area contributed by atoms with Crippen LogP contribution in [0.4, 0.5) is 0 Å². The number of benzene rings is 3. The van der Waals surface area contributed by atoms with Gasteiger partial charge in [0.2, 0.25) is 0 Å². The van der Waals surface area contributed by atoms with Crippen molar-refractivity contribution in [2.24, 2.45) is 4.99 Å². The van der Waals surface area contributed by atoms with E-state index in [0.717, 1.165) is 27.4 Å². The molecule has 3 aliphatic rings. The number of esters is 1. The molecular weight excluding hydrogens is 602 g/mol. The molecule has 0 saturated carbocycles.